The van der Waals surface area contributed by atoms with Crippen molar-refractivity contribution in [2.75, 3.05) is 10.6 Å². The highest BCUT2D eigenvalue weighted by molar-refractivity contribution is 8.00. The fraction of sp³-hybridized carbons (Fsp3) is 0.0789. The molecule has 0 heterocycles. The van der Waals surface area contributed by atoms with Crippen LogP contribution >= 0.6 is 11.8 Å². The monoisotopic (exact) mass is 611 g/mol. The van der Waals surface area contributed by atoms with Gasteiger partial charge in [0.1, 0.15) is 10.9 Å². The minimum Gasteiger partial charge on any atom is -0.325 e. The Balaban J connectivity index is 1.32. The van der Waals surface area contributed by atoms with E-state index in [0.29, 0.717) is 11.3 Å². The average molecular weight is 612 g/mol. The number of aryl methyl sites for hydroxylation is 2. The highest BCUT2D eigenvalue weighted by Gasteiger charge is 2.23. The van der Waals surface area contributed by atoms with E-state index in [0.717, 1.165) is 32.8 Å². The molecule has 0 bridgehead atoms. The van der Waals surface area contributed by atoms with Gasteiger partial charge in [-0.05, 0) is 79.1 Å². The summed E-state index contributed by atoms with van der Waals surface area (Å²) in [6, 6.07) is 41.0. The second-order valence-electron chi connectivity index (χ2n) is 10.5. The smallest absolute Gasteiger partial charge is 0.272 e. The van der Waals surface area contributed by atoms with E-state index in [-0.39, 0.29) is 17.5 Å². The summed E-state index contributed by atoms with van der Waals surface area (Å²) in [6.45, 7) is 3.95. The van der Waals surface area contributed by atoms with Gasteiger partial charge in [-0.15, -0.1) is 11.8 Å². The van der Waals surface area contributed by atoms with Crippen LogP contribution in [0.1, 0.15) is 37.9 Å². The third kappa shape index (κ3) is 8.59. The number of nitrogens with one attached hydrogen (secondary N) is 3. The Kier molecular flexibility index (Phi) is 10.2. The van der Waals surface area contributed by atoms with Crippen molar-refractivity contribution < 1.29 is 14.4 Å². The quantitative estimate of drug-likeness (QED) is 0.110. The van der Waals surface area contributed by atoms with Crippen molar-refractivity contribution >= 4 is 46.9 Å². The van der Waals surface area contributed by atoms with Gasteiger partial charge in [-0.2, -0.15) is 0 Å². The second-order valence-corrected chi connectivity index (χ2v) is 11.7. The Labute approximate surface area is 267 Å². The molecule has 0 aliphatic carbocycles. The predicted octanol–water partition coefficient (Wildman–Crippen LogP) is 8.19. The van der Waals surface area contributed by atoms with E-state index in [9.17, 15) is 14.4 Å². The number of thioether (sulfide) groups is 1. The van der Waals surface area contributed by atoms with Crippen molar-refractivity contribution in [2.45, 2.75) is 24.0 Å². The molecule has 3 N–H and O–H groups in total. The zero-order valence-corrected chi connectivity index (χ0v) is 25.8. The molecule has 0 spiro atoms. The van der Waals surface area contributed by atoms with E-state index in [1.165, 1.54) is 11.8 Å². The minimum atomic E-state index is -0.497. The van der Waals surface area contributed by atoms with Crippen LogP contribution in [0.5, 0.6) is 0 Å². The highest BCUT2D eigenvalue weighted by Crippen LogP contribution is 2.37. The summed E-state index contributed by atoms with van der Waals surface area (Å²) in [5.74, 6) is -0.968. The van der Waals surface area contributed by atoms with Crippen molar-refractivity contribution in [1.29, 1.82) is 0 Å². The molecule has 5 rings (SSSR count). The van der Waals surface area contributed by atoms with E-state index < -0.39 is 11.2 Å². The molecule has 1 unspecified atom stereocenters. The molecule has 3 amide bonds. The first-order chi connectivity index (χ1) is 21.9. The number of anilines is 2. The summed E-state index contributed by atoms with van der Waals surface area (Å²) in [6.07, 6.45) is 1.65. The molecule has 0 aliphatic heterocycles. The van der Waals surface area contributed by atoms with Gasteiger partial charge >= 0.3 is 0 Å². The Hall–Kier alpha value is -5.40. The third-order valence-corrected chi connectivity index (χ3v) is 8.29. The largest absolute Gasteiger partial charge is 0.325 e. The Bertz CT molecular complexity index is 1800. The van der Waals surface area contributed by atoms with E-state index in [4.69, 9.17) is 0 Å². The van der Waals surface area contributed by atoms with Crippen LogP contribution in [0, 0.1) is 13.8 Å². The molecule has 0 saturated carbocycles. The van der Waals surface area contributed by atoms with Gasteiger partial charge in [-0.25, -0.2) is 0 Å². The SMILES string of the molecule is Cc1ccc(/C=C(\NC(=O)c2ccccc2)C(=O)Nc2ccc(SC(C(=O)Nc3ccccc3C)c3ccccc3)cc2)cc1. The summed E-state index contributed by atoms with van der Waals surface area (Å²) in [5, 5.41) is 8.24. The number of carbonyl (C=O) groups is 3. The lowest BCUT2D eigenvalue weighted by Crippen LogP contribution is -2.30. The summed E-state index contributed by atoms with van der Waals surface area (Å²) < 4.78 is 0. The van der Waals surface area contributed by atoms with Crippen LogP contribution in [-0.2, 0) is 9.59 Å². The predicted molar refractivity (Wildman–Crippen MR) is 183 cm³/mol. The molecule has 7 heteroatoms. The lowest BCUT2D eigenvalue weighted by molar-refractivity contribution is -0.116. The van der Waals surface area contributed by atoms with Gasteiger partial charge < -0.3 is 16.0 Å². The van der Waals surface area contributed by atoms with Crippen molar-refractivity contribution in [3.63, 3.8) is 0 Å². The number of hydrogen-bond acceptors (Lipinski definition) is 4. The number of para-hydroxylation sites is 1. The number of amides is 3. The molecule has 5 aromatic rings. The molecular formula is C38H33N3O3S. The first kappa shape index (κ1) is 31.0. The fourth-order valence-corrected chi connectivity index (χ4v) is 5.56. The molecule has 6 nitrogen and oxygen atoms in total. The van der Waals surface area contributed by atoms with Crippen LogP contribution in [-0.4, -0.2) is 17.7 Å². The first-order valence-electron chi connectivity index (χ1n) is 14.5. The first-order valence-corrected chi connectivity index (χ1v) is 15.4. The van der Waals surface area contributed by atoms with Crippen molar-refractivity contribution in [2.24, 2.45) is 0 Å². The second kappa shape index (κ2) is 14.9. The van der Waals surface area contributed by atoms with Gasteiger partial charge in [0.25, 0.3) is 11.8 Å². The zero-order chi connectivity index (χ0) is 31.6. The van der Waals surface area contributed by atoms with Gasteiger partial charge in [0.05, 0.1) is 0 Å². The van der Waals surface area contributed by atoms with E-state index >= 15 is 0 Å². The number of hydrogen-bond donors (Lipinski definition) is 3. The van der Waals surface area contributed by atoms with Crippen LogP contribution in [0.15, 0.2) is 144 Å². The molecule has 1 atom stereocenters. The zero-order valence-electron chi connectivity index (χ0n) is 25.0. The maximum absolute atomic E-state index is 13.5. The van der Waals surface area contributed by atoms with Crippen LogP contribution in [0.25, 0.3) is 6.08 Å². The van der Waals surface area contributed by atoms with Gasteiger partial charge in [0.2, 0.25) is 5.91 Å². The van der Waals surface area contributed by atoms with Crippen molar-refractivity contribution in [3.8, 4) is 0 Å². The number of benzene rings is 5. The molecule has 0 fully saturated rings. The highest BCUT2D eigenvalue weighted by atomic mass is 32.2. The Morgan fingerprint density at radius 3 is 1.96 bits per heavy atom. The van der Waals surface area contributed by atoms with Crippen molar-refractivity contribution in [1.82, 2.24) is 5.32 Å². The molecule has 0 saturated heterocycles. The van der Waals surface area contributed by atoms with Crippen LogP contribution < -0.4 is 16.0 Å². The summed E-state index contributed by atoms with van der Waals surface area (Å²) in [4.78, 5) is 40.7. The van der Waals surface area contributed by atoms with Crippen LogP contribution in [0.3, 0.4) is 0 Å². The molecular weight excluding hydrogens is 579 g/mol. The lowest BCUT2D eigenvalue weighted by atomic mass is 10.1. The summed E-state index contributed by atoms with van der Waals surface area (Å²) >= 11 is 1.42. The topological polar surface area (TPSA) is 87.3 Å². The maximum Gasteiger partial charge on any atom is 0.272 e. The van der Waals surface area contributed by atoms with E-state index in [1.807, 2.05) is 111 Å². The average Bonchev–Trinajstić information content (AvgIpc) is 3.06. The van der Waals surface area contributed by atoms with Gasteiger partial charge in [-0.1, -0.05) is 96.6 Å². The Morgan fingerprint density at radius 1 is 0.667 bits per heavy atom. The van der Waals surface area contributed by atoms with Gasteiger partial charge in [0.15, 0.2) is 0 Å². The fourth-order valence-electron chi connectivity index (χ4n) is 4.54. The summed E-state index contributed by atoms with van der Waals surface area (Å²) in [5.41, 5.74) is 5.62. The standard InChI is InChI=1S/C38H33N3O3S/c1-26-17-19-28(20-18-26)25-34(41-36(42)30-14-7-4-8-15-30)37(43)39-31-21-23-32(24-22-31)45-35(29-12-5-3-6-13-29)38(44)40-33-16-10-9-11-27(33)2/h3-25,35H,1-2H3,(H,39,43)(H,40,44)(H,41,42)/b34-25-. The molecule has 0 aromatic heterocycles. The Morgan fingerprint density at radius 2 is 1.29 bits per heavy atom. The van der Waals surface area contributed by atoms with Gasteiger partial charge in [-0.3, -0.25) is 14.4 Å². The molecule has 45 heavy (non-hydrogen) atoms. The van der Waals surface area contributed by atoms with E-state index in [1.54, 1.807) is 42.5 Å². The van der Waals surface area contributed by atoms with Crippen LogP contribution in [0.4, 0.5) is 11.4 Å². The number of carbonyl (C=O) groups excluding carboxylic acids is 3. The van der Waals surface area contributed by atoms with Gasteiger partial charge in [0, 0.05) is 21.8 Å². The van der Waals surface area contributed by atoms with E-state index in [2.05, 4.69) is 16.0 Å². The third-order valence-electron chi connectivity index (χ3n) is 7.03. The molecule has 0 aliphatic rings. The molecule has 5 aromatic carbocycles. The maximum atomic E-state index is 13.5. The minimum absolute atomic E-state index is 0.114. The molecule has 0 radical (unpaired) electrons. The molecule has 224 valence electrons. The normalized spacial score (nSPS) is 11.7. The van der Waals surface area contributed by atoms with Crippen molar-refractivity contribution in [3.05, 3.63) is 167 Å². The number of rotatable bonds is 10. The van der Waals surface area contributed by atoms with Crippen LogP contribution in [0.2, 0.25) is 0 Å². The summed E-state index contributed by atoms with van der Waals surface area (Å²) in [7, 11) is 0. The lowest BCUT2D eigenvalue weighted by Gasteiger charge is -2.18.